The van der Waals surface area contributed by atoms with Crippen molar-refractivity contribution in [1.82, 2.24) is 10.2 Å². The first kappa shape index (κ1) is 28.3. The molecule has 0 aromatic heterocycles. The van der Waals surface area contributed by atoms with E-state index in [1.807, 2.05) is 44.2 Å². The van der Waals surface area contributed by atoms with Crippen LogP contribution in [0, 0.1) is 0 Å². The van der Waals surface area contributed by atoms with Gasteiger partial charge in [0.1, 0.15) is 11.8 Å². The number of hydrogen-bond donors (Lipinski definition) is 1. The molecule has 0 aliphatic carbocycles. The first-order chi connectivity index (χ1) is 17.1. The maximum Gasteiger partial charge on any atom is 0.261 e. The molecule has 3 aromatic carbocycles. The summed E-state index contributed by atoms with van der Waals surface area (Å²) in [5, 5.41) is 4.09. The molecule has 0 spiro atoms. The number of hydrogen-bond acceptors (Lipinski definition) is 3. The van der Waals surface area contributed by atoms with Crippen LogP contribution in [-0.4, -0.2) is 35.4 Å². The Morgan fingerprint density at radius 2 is 1.64 bits per heavy atom. The van der Waals surface area contributed by atoms with Crippen molar-refractivity contribution in [2.75, 3.05) is 6.61 Å². The summed E-state index contributed by atoms with van der Waals surface area (Å²) < 4.78 is 6.55. The van der Waals surface area contributed by atoms with Crippen molar-refractivity contribution >= 4 is 62.5 Å². The fraction of sp³-hybridized carbons (Fsp3) is 0.259. The highest BCUT2D eigenvalue weighted by atomic mass is 79.9. The second-order valence-electron chi connectivity index (χ2n) is 8.50. The lowest BCUT2D eigenvalue weighted by molar-refractivity contribution is -0.143. The Morgan fingerprint density at radius 1 is 0.917 bits per heavy atom. The van der Waals surface area contributed by atoms with Crippen LogP contribution >= 0.6 is 50.7 Å². The van der Waals surface area contributed by atoms with Crippen molar-refractivity contribution in [3.05, 3.63) is 97.4 Å². The minimum Gasteiger partial charge on any atom is -0.482 e. The average molecular weight is 613 g/mol. The molecule has 0 bridgehead atoms. The molecule has 2 amide bonds. The number of carbonyl (C=O) groups is 2. The SMILES string of the molecule is CC(C)NC(=O)C(Cc1ccccc1)N(Cc1ccc(Cl)c(Cl)c1)C(=O)COc1ccc(Br)cc1Cl. The zero-order valence-electron chi connectivity index (χ0n) is 19.8. The Bertz CT molecular complexity index is 1210. The molecule has 0 saturated carbocycles. The fourth-order valence-electron chi connectivity index (χ4n) is 3.58. The molecule has 5 nitrogen and oxygen atoms in total. The number of nitrogens with zero attached hydrogens (tertiary/aromatic N) is 1. The number of amides is 2. The Hall–Kier alpha value is -2.25. The van der Waals surface area contributed by atoms with Gasteiger partial charge in [0.25, 0.3) is 5.91 Å². The zero-order chi connectivity index (χ0) is 26.2. The molecule has 1 N–H and O–H groups in total. The number of carbonyl (C=O) groups excluding carboxylic acids is 2. The summed E-state index contributed by atoms with van der Waals surface area (Å²) in [5.74, 6) is -0.266. The van der Waals surface area contributed by atoms with Gasteiger partial charge in [-0.05, 0) is 55.3 Å². The third-order valence-corrected chi connectivity index (χ3v) is 6.81. The highest BCUT2D eigenvalue weighted by Gasteiger charge is 2.31. The predicted molar refractivity (Wildman–Crippen MR) is 149 cm³/mol. The van der Waals surface area contributed by atoms with Gasteiger partial charge >= 0.3 is 0 Å². The first-order valence-electron chi connectivity index (χ1n) is 11.3. The predicted octanol–water partition coefficient (Wildman–Crippen LogP) is 6.95. The highest BCUT2D eigenvalue weighted by molar-refractivity contribution is 9.10. The van der Waals surface area contributed by atoms with E-state index in [1.54, 1.807) is 36.4 Å². The quantitative estimate of drug-likeness (QED) is 0.270. The molecule has 1 atom stereocenters. The zero-order valence-corrected chi connectivity index (χ0v) is 23.7. The molecule has 1 unspecified atom stereocenters. The lowest BCUT2D eigenvalue weighted by atomic mass is 10.0. The van der Waals surface area contributed by atoms with Gasteiger partial charge < -0.3 is 15.0 Å². The molecule has 3 rings (SSSR count). The van der Waals surface area contributed by atoms with Gasteiger partial charge in [0.2, 0.25) is 5.91 Å². The number of rotatable bonds is 10. The largest absolute Gasteiger partial charge is 0.482 e. The maximum atomic E-state index is 13.6. The summed E-state index contributed by atoms with van der Waals surface area (Å²) >= 11 is 21.9. The summed E-state index contributed by atoms with van der Waals surface area (Å²) in [5.41, 5.74) is 1.65. The molecular weight excluding hydrogens is 587 g/mol. The smallest absolute Gasteiger partial charge is 0.261 e. The normalized spacial score (nSPS) is 11.8. The summed E-state index contributed by atoms with van der Waals surface area (Å²) in [6.07, 6.45) is 0.325. The lowest BCUT2D eigenvalue weighted by Gasteiger charge is -2.32. The van der Waals surface area contributed by atoms with Gasteiger partial charge in [0.15, 0.2) is 6.61 Å². The summed E-state index contributed by atoms with van der Waals surface area (Å²) in [4.78, 5) is 28.5. The van der Waals surface area contributed by atoms with E-state index in [9.17, 15) is 9.59 Å². The molecule has 3 aromatic rings. The van der Waals surface area contributed by atoms with Gasteiger partial charge in [-0.15, -0.1) is 0 Å². The molecule has 190 valence electrons. The van der Waals surface area contributed by atoms with Gasteiger partial charge in [0.05, 0.1) is 15.1 Å². The molecule has 0 aliphatic heterocycles. The minimum absolute atomic E-state index is 0.101. The van der Waals surface area contributed by atoms with Gasteiger partial charge in [-0.3, -0.25) is 9.59 Å². The van der Waals surface area contributed by atoms with Crippen LogP contribution < -0.4 is 10.1 Å². The van der Waals surface area contributed by atoms with Crippen molar-refractivity contribution in [1.29, 1.82) is 0 Å². The van der Waals surface area contributed by atoms with Crippen LogP contribution in [0.15, 0.2) is 71.2 Å². The maximum absolute atomic E-state index is 13.6. The molecule has 0 saturated heterocycles. The molecule has 36 heavy (non-hydrogen) atoms. The van der Waals surface area contributed by atoms with Crippen LogP contribution in [0.4, 0.5) is 0 Å². The number of ether oxygens (including phenoxy) is 1. The summed E-state index contributed by atoms with van der Waals surface area (Å²) in [6, 6.07) is 18.9. The Kier molecular flexibility index (Phi) is 10.5. The Morgan fingerprint density at radius 3 is 2.28 bits per heavy atom. The molecule has 0 radical (unpaired) electrons. The standard InChI is InChI=1S/C27H26BrCl3N2O3/c1-17(2)32-27(35)24(13-18-6-4-3-5-7-18)33(15-19-8-10-21(29)22(30)12-19)26(34)16-36-25-11-9-20(28)14-23(25)31/h3-12,14,17,24H,13,15-16H2,1-2H3,(H,32,35). The van der Waals surface area contributed by atoms with E-state index in [2.05, 4.69) is 21.2 Å². The molecule has 9 heteroatoms. The lowest BCUT2D eigenvalue weighted by Crippen LogP contribution is -2.52. The monoisotopic (exact) mass is 610 g/mol. The first-order valence-corrected chi connectivity index (χ1v) is 13.2. The van der Waals surface area contributed by atoms with Gasteiger partial charge in [0, 0.05) is 23.5 Å². The molecule has 0 aliphatic rings. The summed E-state index contributed by atoms with van der Waals surface area (Å²) in [7, 11) is 0. The van der Waals surface area contributed by atoms with Crippen LogP contribution in [0.2, 0.25) is 15.1 Å². The van der Waals surface area contributed by atoms with Crippen LogP contribution in [0.25, 0.3) is 0 Å². The van der Waals surface area contributed by atoms with Crippen molar-refractivity contribution < 1.29 is 14.3 Å². The van der Waals surface area contributed by atoms with Gasteiger partial charge in [-0.1, -0.05) is 87.1 Å². The molecule has 0 fully saturated rings. The second-order valence-corrected chi connectivity index (χ2v) is 10.6. The van der Waals surface area contributed by atoms with Crippen molar-refractivity contribution in [2.45, 2.75) is 38.9 Å². The number of halogens is 4. The van der Waals surface area contributed by atoms with E-state index < -0.39 is 6.04 Å². The van der Waals surface area contributed by atoms with Crippen molar-refractivity contribution in [3.8, 4) is 5.75 Å². The van der Waals surface area contributed by atoms with E-state index in [4.69, 9.17) is 39.5 Å². The van der Waals surface area contributed by atoms with Crippen LogP contribution in [0.5, 0.6) is 5.75 Å². The van der Waals surface area contributed by atoms with Crippen LogP contribution in [0.3, 0.4) is 0 Å². The van der Waals surface area contributed by atoms with Gasteiger partial charge in [-0.25, -0.2) is 0 Å². The average Bonchev–Trinajstić information content (AvgIpc) is 2.83. The van der Waals surface area contributed by atoms with E-state index in [-0.39, 0.29) is 31.0 Å². The van der Waals surface area contributed by atoms with E-state index >= 15 is 0 Å². The van der Waals surface area contributed by atoms with E-state index in [1.165, 1.54) is 4.90 Å². The summed E-state index contributed by atoms with van der Waals surface area (Å²) in [6.45, 7) is 3.58. The number of benzene rings is 3. The minimum atomic E-state index is -0.791. The van der Waals surface area contributed by atoms with Gasteiger partial charge in [-0.2, -0.15) is 0 Å². The fourth-order valence-corrected chi connectivity index (χ4v) is 4.63. The van der Waals surface area contributed by atoms with Crippen LogP contribution in [0.1, 0.15) is 25.0 Å². The third kappa shape index (κ3) is 8.13. The highest BCUT2D eigenvalue weighted by Crippen LogP contribution is 2.28. The Labute approximate surface area is 234 Å². The second kappa shape index (κ2) is 13.3. The number of nitrogens with one attached hydrogen (secondary N) is 1. The van der Waals surface area contributed by atoms with Crippen molar-refractivity contribution in [2.24, 2.45) is 0 Å². The molecular formula is C27H26BrCl3N2O3. The van der Waals surface area contributed by atoms with E-state index in [0.717, 1.165) is 15.6 Å². The van der Waals surface area contributed by atoms with Crippen molar-refractivity contribution in [3.63, 3.8) is 0 Å². The third-order valence-electron chi connectivity index (χ3n) is 5.28. The van der Waals surface area contributed by atoms with E-state index in [0.29, 0.717) is 27.2 Å². The topological polar surface area (TPSA) is 58.6 Å². The Balaban J connectivity index is 1.94. The molecule has 0 heterocycles. The van der Waals surface area contributed by atoms with Crippen LogP contribution in [-0.2, 0) is 22.6 Å².